The average molecular weight is 339 g/mol. The van der Waals surface area contributed by atoms with Crippen molar-refractivity contribution in [1.82, 2.24) is 5.32 Å². The van der Waals surface area contributed by atoms with Gasteiger partial charge in [-0.25, -0.2) is 8.42 Å². The lowest BCUT2D eigenvalue weighted by Crippen LogP contribution is -2.29. The van der Waals surface area contributed by atoms with Crippen LogP contribution in [0.5, 0.6) is 5.75 Å². The third-order valence-corrected chi connectivity index (χ3v) is 4.86. The number of nitrogens with one attached hydrogen (secondary N) is 1. The highest BCUT2D eigenvalue weighted by molar-refractivity contribution is 7.90. The van der Waals surface area contributed by atoms with Crippen LogP contribution in [-0.4, -0.2) is 33.7 Å². The fraction of sp³-hybridized carbons (Fsp3) is 0.267. The summed E-state index contributed by atoms with van der Waals surface area (Å²) in [6.07, 6.45) is 1.53. The van der Waals surface area contributed by atoms with Crippen LogP contribution < -0.4 is 10.1 Å². The van der Waals surface area contributed by atoms with E-state index in [2.05, 4.69) is 5.32 Å². The predicted octanol–water partition coefficient (Wildman–Crippen LogP) is 1.89. The quantitative estimate of drug-likeness (QED) is 0.782. The van der Waals surface area contributed by atoms with Gasteiger partial charge in [0.05, 0.1) is 17.9 Å². The van der Waals surface area contributed by atoms with Crippen LogP contribution in [0, 0.1) is 0 Å². The molecule has 2 rings (SSSR count). The Morgan fingerprint density at radius 2 is 1.95 bits per heavy atom. The van der Waals surface area contributed by atoms with Crippen molar-refractivity contribution in [3.63, 3.8) is 0 Å². The SMILES string of the molecule is CS(=O)(=O)c1ccc(OCCNC(=O)Cc2cccs2)cc1. The number of hydrogen-bond acceptors (Lipinski definition) is 5. The van der Waals surface area contributed by atoms with E-state index in [-0.39, 0.29) is 10.8 Å². The minimum atomic E-state index is -3.19. The number of rotatable bonds is 7. The summed E-state index contributed by atoms with van der Waals surface area (Å²) in [6, 6.07) is 10.0. The largest absolute Gasteiger partial charge is 0.492 e. The maximum Gasteiger partial charge on any atom is 0.225 e. The van der Waals surface area contributed by atoms with Crippen LogP contribution in [0.3, 0.4) is 0 Å². The Morgan fingerprint density at radius 3 is 2.55 bits per heavy atom. The highest BCUT2D eigenvalue weighted by Crippen LogP contribution is 2.15. The molecule has 1 N–H and O–H groups in total. The van der Waals surface area contributed by atoms with Crippen molar-refractivity contribution in [2.24, 2.45) is 0 Å². The summed E-state index contributed by atoms with van der Waals surface area (Å²) >= 11 is 1.55. The zero-order chi connectivity index (χ0) is 16.0. The number of carbonyl (C=O) groups excluding carboxylic acids is 1. The number of benzene rings is 1. The van der Waals surface area contributed by atoms with Gasteiger partial charge in [-0.2, -0.15) is 0 Å². The Labute approximate surface area is 133 Å². The molecule has 1 amide bonds. The van der Waals surface area contributed by atoms with Gasteiger partial charge < -0.3 is 10.1 Å². The monoisotopic (exact) mass is 339 g/mol. The normalized spacial score (nSPS) is 11.1. The molecule has 0 unspecified atom stereocenters. The van der Waals surface area contributed by atoms with Crippen LogP contribution in [0.15, 0.2) is 46.7 Å². The second kappa shape index (κ2) is 7.42. The Bertz CT molecular complexity index is 707. The van der Waals surface area contributed by atoms with Crippen molar-refractivity contribution in [1.29, 1.82) is 0 Å². The molecule has 0 fully saturated rings. The first-order chi connectivity index (χ1) is 10.4. The van der Waals surface area contributed by atoms with Crippen molar-refractivity contribution in [3.05, 3.63) is 46.7 Å². The summed E-state index contributed by atoms with van der Waals surface area (Å²) < 4.78 is 28.1. The van der Waals surface area contributed by atoms with Crippen molar-refractivity contribution in [2.75, 3.05) is 19.4 Å². The minimum absolute atomic E-state index is 0.0431. The maximum absolute atomic E-state index is 11.7. The molecule has 1 aromatic heterocycles. The molecule has 1 heterocycles. The van der Waals surface area contributed by atoms with Gasteiger partial charge in [0, 0.05) is 11.1 Å². The van der Waals surface area contributed by atoms with E-state index in [4.69, 9.17) is 4.74 Å². The van der Waals surface area contributed by atoms with Crippen molar-refractivity contribution in [3.8, 4) is 5.75 Å². The summed E-state index contributed by atoms with van der Waals surface area (Å²) in [5.41, 5.74) is 0. The lowest BCUT2D eigenvalue weighted by molar-refractivity contribution is -0.120. The van der Waals surface area contributed by atoms with E-state index in [0.717, 1.165) is 11.1 Å². The summed E-state index contributed by atoms with van der Waals surface area (Å²) in [6.45, 7) is 0.729. The molecule has 0 saturated carbocycles. The number of carbonyl (C=O) groups is 1. The van der Waals surface area contributed by atoms with E-state index in [1.165, 1.54) is 12.1 Å². The molecule has 0 aliphatic heterocycles. The van der Waals surface area contributed by atoms with Gasteiger partial charge in [0.1, 0.15) is 12.4 Å². The summed E-state index contributed by atoms with van der Waals surface area (Å²) in [5.74, 6) is 0.526. The second-order valence-corrected chi connectivity index (χ2v) is 7.75. The summed E-state index contributed by atoms with van der Waals surface area (Å²) in [5, 5.41) is 4.71. The summed E-state index contributed by atoms with van der Waals surface area (Å²) in [4.78, 5) is 12.9. The first-order valence-electron chi connectivity index (χ1n) is 6.67. The lowest BCUT2D eigenvalue weighted by atomic mass is 10.3. The van der Waals surface area contributed by atoms with E-state index < -0.39 is 9.84 Å². The highest BCUT2D eigenvalue weighted by atomic mass is 32.2. The van der Waals surface area contributed by atoms with E-state index in [1.54, 1.807) is 23.5 Å². The summed E-state index contributed by atoms with van der Waals surface area (Å²) in [7, 11) is -3.19. The molecule has 0 bridgehead atoms. The van der Waals surface area contributed by atoms with Gasteiger partial charge in [-0.3, -0.25) is 4.79 Å². The zero-order valence-corrected chi connectivity index (χ0v) is 13.7. The highest BCUT2D eigenvalue weighted by Gasteiger charge is 2.07. The van der Waals surface area contributed by atoms with Crippen LogP contribution in [0.25, 0.3) is 0 Å². The Morgan fingerprint density at radius 1 is 1.23 bits per heavy atom. The van der Waals surface area contributed by atoms with Gasteiger partial charge in [0.15, 0.2) is 9.84 Å². The van der Waals surface area contributed by atoms with Gasteiger partial charge in [-0.1, -0.05) is 6.07 Å². The number of thiophene rings is 1. The predicted molar refractivity (Wildman–Crippen MR) is 86.1 cm³/mol. The number of amides is 1. The maximum atomic E-state index is 11.7. The van der Waals surface area contributed by atoms with Crippen LogP contribution in [-0.2, 0) is 21.1 Å². The molecule has 1 aromatic carbocycles. The van der Waals surface area contributed by atoms with Gasteiger partial charge >= 0.3 is 0 Å². The molecule has 2 aromatic rings. The molecule has 22 heavy (non-hydrogen) atoms. The minimum Gasteiger partial charge on any atom is -0.492 e. The van der Waals surface area contributed by atoms with Crippen molar-refractivity contribution in [2.45, 2.75) is 11.3 Å². The van der Waals surface area contributed by atoms with Crippen LogP contribution in [0.4, 0.5) is 0 Å². The van der Waals surface area contributed by atoms with Gasteiger partial charge in [-0.15, -0.1) is 11.3 Å². The van der Waals surface area contributed by atoms with Crippen molar-refractivity contribution >= 4 is 27.1 Å². The third-order valence-electron chi connectivity index (χ3n) is 2.86. The molecule has 7 heteroatoms. The molecule has 0 spiro atoms. The fourth-order valence-corrected chi connectivity index (χ4v) is 3.11. The Hall–Kier alpha value is -1.86. The van der Waals surface area contributed by atoms with Crippen LogP contribution >= 0.6 is 11.3 Å². The van der Waals surface area contributed by atoms with Gasteiger partial charge in [-0.05, 0) is 35.7 Å². The van der Waals surface area contributed by atoms with E-state index in [9.17, 15) is 13.2 Å². The van der Waals surface area contributed by atoms with Gasteiger partial charge in [0.25, 0.3) is 0 Å². The van der Waals surface area contributed by atoms with Gasteiger partial charge in [0.2, 0.25) is 5.91 Å². The number of hydrogen-bond donors (Lipinski definition) is 1. The van der Waals surface area contributed by atoms with Crippen molar-refractivity contribution < 1.29 is 17.9 Å². The molecule has 0 atom stereocenters. The lowest BCUT2D eigenvalue weighted by Gasteiger charge is -2.08. The van der Waals surface area contributed by atoms with E-state index >= 15 is 0 Å². The molecule has 0 saturated heterocycles. The average Bonchev–Trinajstić information content (AvgIpc) is 2.96. The Balaban J connectivity index is 1.71. The topological polar surface area (TPSA) is 72.5 Å². The van der Waals surface area contributed by atoms with E-state index in [0.29, 0.717) is 25.3 Å². The number of ether oxygens (including phenoxy) is 1. The smallest absolute Gasteiger partial charge is 0.225 e. The molecular formula is C15H17NO4S2. The first kappa shape index (κ1) is 16.5. The zero-order valence-electron chi connectivity index (χ0n) is 12.1. The second-order valence-electron chi connectivity index (χ2n) is 4.70. The molecule has 0 aliphatic rings. The standard InChI is InChI=1S/C15H17NO4S2/c1-22(18,19)14-6-4-12(5-7-14)20-9-8-16-15(17)11-13-3-2-10-21-13/h2-7,10H,8-9,11H2,1H3,(H,16,17). The van der Waals surface area contributed by atoms with E-state index in [1.807, 2.05) is 17.5 Å². The Kier molecular flexibility index (Phi) is 5.57. The molecular weight excluding hydrogens is 322 g/mol. The van der Waals surface area contributed by atoms with Crippen LogP contribution in [0.1, 0.15) is 4.88 Å². The molecule has 118 valence electrons. The molecule has 0 radical (unpaired) electrons. The number of sulfone groups is 1. The molecule has 0 aliphatic carbocycles. The first-order valence-corrected chi connectivity index (χ1v) is 9.44. The molecule has 5 nitrogen and oxygen atoms in total. The third kappa shape index (κ3) is 5.16. The fourth-order valence-electron chi connectivity index (χ4n) is 1.78. The van der Waals surface area contributed by atoms with Crippen LogP contribution in [0.2, 0.25) is 0 Å².